The van der Waals surface area contributed by atoms with Gasteiger partial charge < -0.3 is 0 Å². The Morgan fingerprint density at radius 2 is 2.00 bits per heavy atom. The Hall–Kier alpha value is -0.890. The molecule has 0 aliphatic heterocycles. The minimum atomic E-state index is 0.353. The summed E-state index contributed by atoms with van der Waals surface area (Å²) in [7, 11) is 0. The first-order chi connectivity index (χ1) is 9.72. The van der Waals surface area contributed by atoms with Crippen molar-refractivity contribution in [1.82, 2.24) is 0 Å². The fourth-order valence-corrected chi connectivity index (χ4v) is 3.48. The van der Waals surface area contributed by atoms with Crippen LogP contribution in [0.4, 0.5) is 0 Å². The highest BCUT2D eigenvalue weighted by Crippen LogP contribution is 2.39. The molecular formula is C18H23BrO. The SMILES string of the molecule is CCCCCC(=O)C1=C(Br)CCC(c2ccccc2)C1. The molecule has 1 unspecified atom stereocenters. The lowest BCUT2D eigenvalue weighted by Crippen LogP contribution is -2.14. The van der Waals surface area contributed by atoms with Crippen LogP contribution in [0.25, 0.3) is 0 Å². The van der Waals surface area contributed by atoms with E-state index in [2.05, 4.69) is 53.2 Å². The molecular weight excluding hydrogens is 312 g/mol. The quantitative estimate of drug-likeness (QED) is 0.605. The smallest absolute Gasteiger partial charge is 0.159 e. The van der Waals surface area contributed by atoms with Crippen molar-refractivity contribution < 1.29 is 4.79 Å². The average molecular weight is 335 g/mol. The number of ketones is 1. The van der Waals surface area contributed by atoms with Crippen LogP contribution in [0.3, 0.4) is 0 Å². The summed E-state index contributed by atoms with van der Waals surface area (Å²) in [5.41, 5.74) is 2.41. The predicted octanol–water partition coefficient (Wildman–Crippen LogP) is 5.75. The van der Waals surface area contributed by atoms with Gasteiger partial charge in [0.25, 0.3) is 0 Å². The zero-order valence-electron chi connectivity index (χ0n) is 12.2. The molecule has 0 aromatic heterocycles. The molecule has 0 N–H and O–H groups in total. The van der Waals surface area contributed by atoms with Crippen molar-refractivity contribution in [3.8, 4) is 0 Å². The van der Waals surface area contributed by atoms with Crippen LogP contribution in [0.5, 0.6) is 0 Å². The minimum absolute atomic E-state index is 0.353. The van der Waals surface area contributed by atoms with E-state index >= 15 is 0 Å². The van der Waals surface area contributed by atoms with E-state index in [9.17, 15) is 4.79 Å². The summed E-state index contributed by atoms with van der Waals surface area (Å²) in [5, 5.41) is 0. The maximum Gasteiger partial charge on any atom is 0.159 e. The van der Waals surface area contributed by atoms with Gasteiger partial charge in [-0.15, -0.1) is 0 Å². The molecule has 1 aliphatic rings. The van der Waals surface area contributed by atoms with Gasteiger partial charge in [-0.3, -0.25) is 4.79 Å². The number of unbranched alkanes of at least 4 members (excludes halogenated alkanes) is 2. The highest BCUT2D eigenvalue weighted by atomic mass is 79.9. The van der Waals surface area contributed by atoms with Gasteiger partial charge in [0, 0.05) is 16.5 Å². The summed E-state index contributed by atoms with van der Waals surface area (Å²) in [5.74, 6) is 0.855. The van der Waals surface area contributed by atoms with Gasteiger partial charge in [0.15, 0.2) is 5.78 Å². The van der Waals surface area contributed by atoms with E-state index in [0.717, 1.165) is 42.2 Å². The van der Waals surface area contributed by atoms with Crippen LogP contribution in [0, 0.1) is 0 Å². The number of hydrogen-bond donors (Lipinski definition) is 0. The van der Waals surface area contributed by atoms with Crippen LogP contribution >= 0.6 is 15.9 Å². The van der Waals surface area contributed by atoms with Crippen LogP contribution in [0.1, 0.15) is 63.4 Å². The van der Waals surface area contributed by atoms with E-state index in [1.807, 2.05) is 0 Å². The number of Topliss-reactive ketones (excluding diaryl/α,β-unsaturated/α-hetero) is 1. The molecule has 108 valence electrons. The molecule has 0 heterocycles. The minimum Gasteiger partial charge on any atom is -0.295 e. The third kappa shape index (κ3) is 4.05. The summed E-state index contributed by atoms with van der Waals surface area (Å²) >= 11 is 3.62. The molecule has 0 amide bonds. The zero-order chi connectivity index (χ0) is 14.4. The molecule has 0 saturated carbocycles. The van der Waals surface area contributed by atoms with E-state index in [-0.39, 0.29) is 0 Å². The Balaban J connectivity index is 2.03. The summed E-state index contributed by atoms with van der Waals surface area (Å²) < 4.78 is 1.14. The summed E-state index contributed by atoms with van der Waals surface area (Å²) in [6.07, 6.45) is 7.08. The highest BCUT2D eigenvalue weighted by molar-refractivity contribution is 9.11. The molecule has 1 atom stereocenters. The third-order valence-corrected chi connectivity index (χ3v) is 4.98. The predicted molar refractivity (Wildman–Crippen MR) is 88.1 cm³/mol. The van der Waals surface area contributed by atoms with E-state index in [1.165, 1.54) is 12.0 Å². The van der Waals surface area contributed by atoms with Crippen molar-refractivity contribution in [1.29, 1.82) is 0 Å². The second kappa shape index (κ2) is 7.78. The van der Waals surface area contributed by atoms with Crippen molar-refractivity contribution >= 4 is 21.7 Å². The summed E-state index contributed by atoms with van der Waals surface area (Å²) in [6.45, 7) is 2.17. The topological polar surface area (TPSA) is 17.1 Å². The molecule has 1 aromatic carbocycles. The largest absolute Gasteiger partial charge is 0.295 e. The van der Waals surface area contributed by atoms with Gasteiger partial charge in [-0.1, -0.05) is 66.0 Å². The van der Waals surface area contributed by atoms with Gasteiger partial charge in [0.05, 0.1) is 0 Å². The first-order valence-corrected chi connectivity index (χ1v) is 8.47. The fraction of sp³-hybridized carbons (Fsp3) is 0.500. The Labute approximate surface area is 130 Å². The number of benzene rings is 1. The maximum atomic E-state index is 12.4. The Morgan fingerprint density at radius 1 is 1.25 bits per heavy atom. The van der Waals surface area contributed by atoms with Crippen LogP contribution in [-0.4, -0.2) is 5.78 Å². The molecule has 2 heteroatoms. The van der Waals surface area contributed by atoms with Gasteiger partial charge >= 0.3 is 0 Å². The van der Waals surface area contributed by atoms with E-state index < -0.39 is 0 Å². The lowest BCUT2D eigenvalue weighted by atomic mass is 9.82. The molecule has 20 heavy (non-hydrogen) atoms. The van der Waals surface area contributed by atoms with E-state index in [1.54, 1.807) is 0 Å². The number of hydrogen-bond acceptors (Lipinski definition) is 1. The standard InChI is InChI=1S/C18H23BrO/c1-2-3-5-10-18(20)16-13-15(11-12-17(16)19)14-8-6-4-7-9-14/h4,6-9,15H,2-3,5,10-13H2,1H3. The van der Waals surface area contributed by atoms with Crippen molar-refractivity contribution in [2.45, 2.75) is 57.8 Å². The Morgan fingerprint density at radius 3 is 2.70 bits per heavy atom. The number of carbonyl (C=O) groups excluding carboxylic acids is 1. The molecule has 1 nitrogen and oxygen atoms in total. The molecule has 0 saturated heterocycles. The van der Waals surface area contributed by atoms with Crippen molar-refractivity contribution in [2.75, 3.05) is 0 Å². The van der Waals surface area contributed by atoms with Crippen LogP contribution in [0.2, 0.25) is 0 Å². The molecule has 0 spiro atoms. The highest BCUT2D eigenvalue weighted by Gasteiger charge is 2.24. The second-order valence-electron chi connectivity index (χ2n) is 5.61. The van der Waals surface area contributed by atoms with Crippen molar-refractivity contribution in [3.63, 3.8) is 0 Å². The molecule has 1 aromatic rings. The summed E-state index contributed by atoms with van der Waals surface area (Å²) in [6, 6.07) is 10.6. The van der Waals surface area contributed by atoms with Crippen LogP contribution < -0.4 is 0 Å². The third-order valence-electron chi connectivity index (χ3n) is 4.11. The normalized spacial score (nSPS) is 19.2. The maximum absolute atomic E-state index is 12.4. The summed E-state index contributed by atoms with van der Waals surface area (Å²) in [4.78, 5) is 12.4. The lowest BCUT2D eigenvalue weighted by molar-refractivity contribution is -0.116. The Bertz CT molecular complexity index is 475. The first-order valence-electron chi connectivity index (χ1n) is 7.68. The van der Waals surface area contributed by atoms with Gasteiger partial charge in [0.1, 0.15) is 0 Å². The fourth-order valence-electron chi connectivity index (χ4n) is 2.87. The molecule has 0 fully saturated rings. The molecule has 0 radical (unpaired) electrons. The van der Waals surface area contributed by atoms with Crippen molar-refractivity contribution in [3.05, 3.63) is 46.0 Å². The van der Waals surface area contributed by atoms with Gasteiger partial charge in [-0.25, -0.2) is 0 Å². The number of halogens is 1. The average Bonchev–Trinajstić information content (AvgIpc) is 2.49. The van der Waals surface area contributed by atoms with Gasteiger partial charge in [-0.05, 0) is 37.2 Å². The zero-order valence-corrected chi connectivity index (χ0v) is 13.8. The number of carbonyl (C=O) groups is 1. The lowest BCUT2D eigenvalue weighted by Gasteiger charge is -2.25. The molecule has 0 bridgehead atoms. The van der Waals surface area contributed by atoms with E-state index in [4.69, 9.17) is 0 Å². The van der Waals surface area contributed by atoms with Gasteiger partial charge in [-0.2, -0.15) is 0 Å². The van der Waals surface area contributed by atoms with Crippen LogP contribution in [-0.2, 0) is 4.79 Å². The van der Waals surface area contributed by atoms with Crippen LogP contribution in [0.15, 0.2) is 40.4 Å². The first kappa shape index (κ1) is 15.5. The van der Waals surface area contributed by atoms with Crippen molar-refractivity contribution in [2.24, 2.45) is 0 Å². The number of allylic oxidation sites excluding steroid dienone is 2. The Kier molecular flexibility index (Phi) is 6.03. The van der Waals surface area contributed by atoms with E-state index in [0.29, 0.717) is 18.1 Å². The molecule has 1 aliphatic carbocycles. The molecule has 2 rings (SSSR count). The van der Waals surface area contributed by atoms with Gasteiger partial charge in [0.2, 0.25) is 0 Å². The number of rotatable bonds is 6. The second-order valence-corrected chi connectivity index (χ2v) is 6.57. The monoisotopic (exact) mass is 334 g/mol.